The first-order valence-corrected chi connectivity index (χ1v) is 12.3. The van der Waals surface area contributed by atoms with Crippen LogP contribution >= 0.6 is 0 Å². The zero-order chi connectivity index (χ0) is 21.6. The number of rotatable bonds is 5. The summed E-state index contributed by atoms with van der Waals surface area (Å²) in [6.07, 6.45) is 3.90. The molecule has 1 aromatic rings. The van der Waals surface area contributed by atoms with Crippen LogP contribution in [0.25, 0.3) is 0 Å². The third-order valence-electron chi connectivity index (χ3n) is 7.64. The van der Waals surface area contributed by atoms with Gasteiger partial charge in [0.05, 0.1) is 0 Å². The molecule has 0 saturated carbocycles. The van der Waals surface area contributed by atoms with Gasteiger partial charge in [-0.05, 0) is 51.3 Å². The predicted molar refractivity (Wildman–Crippen MR) is 129 cm³/mol. The van der Waals surface area contributed by atoms with Gasteiger partial charge in [-0.1, -0.05) is 30.3 Å². The summed E-state index contributed by atoms with van der Waals surface area (Å²) in [7, 11) is 4.16. The van der Waals surface area contributed by atoms with Gasteiger partial charge in [-0.15, -0.1) is 0 Å². The summed E-state index contributed by atoms with van der Waals surface area (Å²) in [5.74, 6) is 1.85. The first-order valence-electron chi connectivity index (χ1n) is 12.3. The molecule has 0 bridgehead atoms. The van der Waals surface area contributed by atoms with E-state index >= 15 is 0 Å². The van der Waals surface area contributed by atoms with Gasteiger partial charge in [-0.2, -0.15) is 0 Å². The number of piperazine rings is 1. The molecule has 3 aliphatic heterocycles. The molecule has 1 N–H and O–H groups in total. The van der Waals surface area contributed by atoms with Crippen LogP contribution in [0.3, 0.4) is 0 Å². The zero-order valence-electron chi connectivity index (χ0n) is 19.8. The molecule has 0 amide bonds. The number of likely N-dealkylation sites (N-methyl/N-ethyl adjacent to an activating group) is 1. The molecular weight excluding hydrogens is 384 g/mol. The maximum atomic E-state index is 4.66. The number of nitrogens with zero attached hydrogens (tertiary/aromatic N) is 5. The molecule has 0 aromatic heterocycles. The fourth-order valence-corrected chi connectivity index (χ4v) is 5.68. The van der Waals surface area contributed by atoms with Crippen LogP contribution in [-0.4, -0.2) is 104 Å². The lowest BCUT2D eigenvalue weighted by molar-refractivity contribution is 0.0370. The van der Waals surface area contributed by atoms with Crippen molar-refractivity contribution in [2.75, 3.05) is 66.5 Å². The summed E-state index contributed by atoms with van der Waals surface area (Å²) in [4.78, 5) is 14.9. The Labute approximate surface area is 189 Å². The van der Waals surface area contributed by atoms with Crippen molar-refractivity contribution in [1.29, 1.82) is 0 Å². The molecule has 3 unspecified atom stereocenters. The van der Waals surface area contributed by atoms with E-state index in [0.717, 1.165) is 38.1 Å². The summed E-state index contributed by atoms with van der Waals surface area (Å²) in [6.45, 7) is 12.6. The topological polar surface area (TPSA) is 37.4 Å². The molecule has 172 valence electrons. The molecule has 0 spiro atoms. The third kappa shape index (κ3) is 5.79. The molecule has 0 radical (unpaired) electrons. The van der Waals surface area contributed by atoms with E-state index in [1.807, 2.05) is 7.05 Å². The minimum Gasteiger partial charge on any atom is -0.355 e. The van der Waals surface area contributed by atoms with Crippen LogP contribution in [0.15, 0.2) is 35.3 Å². The molecule has 6 nitrogen and oxygen atoms in total. The van der Waals surface area contributed by atoms with Crippen molar-refractivity contribution in [3.8, 4) is 0 Å². The summed E-state index contributed by atoms with van der Waals surface area (Å²) in [6, 6.07) is 12.2. The number of benzene rings is 1. The highest BCUT2D eigenvalue weighted by molar-refractivity contribution is 5.80. The first kappa shape index (κ1) is 22.6. The molecule has 3 fully saturated rings. The lowest BCUT2D eigenvalue weighted by Crippen LogP contribution is -2.58. The van der Waals surface area contributed by atoms with Crippen LogP contribution in [0.1, 0.15) is 31.7 Å². The normalized spacial score (nSPS) is 27.7. The molecule has 1 aromatic carbocycles. The van der Waals surface area contributed by atoms with E-state index < -0.39 is 0 Å². The van der Waals surface area contributed by atoms with Crippen molar-refractivity contribution in [3.05, 3.63) is 35.9 Å². The highest BCUT2D eigenvalue weighted by Crippen LogP contribution is 2.31. The van der Waals surface area contributed by atoms with Crippen molar-refractivity contribution in [1.82, 2.24) is 24.9 Å². The van der Waals surface area contributed by atoms with Crippen molar-refractivity contribution < 1.29 is 0 Å². The Morgan fingerprint density at radius 3 is 2.58 bits per heavy atom. The molecule has 0 aliphatic carbocycles. The smallest absolute Gasteiger partial charge is 0.193 e. The summed E-state index contributed by atoms with van der Waals surface area (Å²) < 4.78 is 0. The molecule has 6 heteroatoms. The molecule has 31 heavy (non-hydrogen) atoms. The monoisotopic (exact) mass is 426 g/mol. The molecule has 3 heterocycles. The predicted octanol–water partition coefficient (Wildman–Crippen LogP) is 2.18. The van der Waals surface area contributed by atoms with Crippen molar-refractivity contribution >= 4 is 5.96 Å². The highest BCUT2D eigenvalue weighted by Gasteiger charge is 2.36. The fourth-order valence-electron chi connectivity index (χ4n) is 5.68. The standard InChI is InChI=1S/C25H42N6/c1-21(29-16-14-28(3)15-17-29)18-27-25(26-2)31-13-11-24-23(20-31)10-7-12-30(24)19-22-8-5-4-6-9-22/h4-6,8-9,21,23-24H,7,10-20H2,1-3H3,(H,26,27). The fraction of sp³-hybridized carbons (Fsp3) is 0.720. The number of aliphatic imine (C=N–C) groups is 1. The lowest BCUT2D eigenvalue weighted by Gasteiger charge is -2.48. The van der Waals surface area contributed by atoms with E-state index in [9.17, 15) is 0 Å². The van der Waals surface area contributed by atoms with Crippen molar-refractivity contribution in [2.24, 2.45) is 10.9 Å². The number of fused-ring (bicyclic) bond motifs is 1. The Morgan fingerprint density at radius 1 is 1.06 bits per heavy atom. The Kier molecular flexibility index (Phi) is 7.86. The number of piperidine rings is 2. The van der Waals surface area contributed by atoms with E-state index in [2.05, 4.69) is 74.2 Å². The molecular formula is C25H42N6. The van der Waals surface area contributed by atoms with Crippen LogP contribution in [0.2, 0.25) is 0 Å². The highest BCUT2D eigenvalue weighted by atomic mass is 15.3. The molecule has 4 rings (SSSR count). The average Bonchev–Trinajstić information content (AvgIpc) is 2.80. The third-order valence-corrected chi connectivity index (χ3v) is 7.64. The Bertz CT molecular complexity index is 699. The van der Waals surface area contributed by atoms with Gasteiger partial charge in [0.2, 0.25) is 0 Å². The number of hydrogen-bond donors (Lipinski definition) is 1. The van der Waals surface area contributed by atoms with E-state index in [4.69, 9.17) is 0 Å². The second kappa shape index (κ2) is 10.8. The van der Waals surface area contributed by atoms with Gasteiger partial charge in [0, 0.05) is 71.5 Å². The van der Waals surface area contributed by atoms with Gasteiger partial charge in [-0.25, -0.2) is 0 Å². The SMILES string of the molecule is CN=C(NCC(C)N1CCN(C)CC1)N1CCC2C(CCCN2Cc2ccccc2)C1. The van der Waals surface area contributed by atoms with Gasteiger partial charge in [-0.3, -0.25) is 14.8 Å². The number of likely N-dealkylation sites (tertiary alicyclic amines) is 2. The second-order valence-electron chi connectivity index (χ2n) is 9.78. The van der Waals surface area contributed by atoms with Crippen molar-refractivity contribution in [3.63, 3.8) is 0 Å². The van der Waals surface area contributed by atoms with Crippen LogP contribution < -0.4 is 5.32 Å². The second-order valence-corrected chi connectivity index (χ2v) is 9.78. The van der Waals surface area contributed by atoms with Crippen molar-refractivity contribution in [2.45, 2.75) is 44.8 Å². The maximum Gasteiger partial charge on any atom is 0.193 e. The minimum absolute atomic E-state index is 0.541. The van der Waals surface area contributed by atoms with E-state index in [1.165, 1.54) is 57.5 Å². The van der Waals surface area contributed by atoms with Crippen LogP contribution in [0, 0.1) is 5.92 Å². The van der Waals surface area contributed by atoms with Crippen LogP contribution in [-0.2, 0) is 6.54 Å². The van der Waals surface area contributed by atoms with E-state index in [0.29, 0.717) is 12.1 Å². The van der Waals surface area contributed by atoms with E-state index in [1.54, 1.807) is 0 Å². The first-order chi connectivity index (χ1) is 15.1. The minimum atomic E-state index is 0.541. The van der Waals surface area contributed by atoms with E-state index in [-0.39, 0.29) is 0 Å². The molecule has 3 atom stereocenters. The largest absolute Gasteiger partial charge is 0.355 e. The quantitative estimate of drug-likeness (QED) is 0.577. The lowest BCUT2D eigenvalue weighted by atomic mass is 9.83. The Hall–Kier alpha value is -1.63. The van der Waals surface area contributed by atoms with Gasteiger partial charge in [0.15, 0.2) is 5.96 Å². The summed E-state index contributed by atoms with van der Waals surface area (Å²) in [5, 5.41) is 3.70. The van der Waals surface area contributed by atoms with Crippen LogP contribution in [0.4, 0.5) is 0 Å². The maximum absolute atomic E-state index is 4.66. The molecule has 3 saturated heterocycles. The average molecular weight is 427 g/mol. The molecule has 3 aliphatic rings. The Balaban J connectivity index is 1.28. The van der Waals surface area contributed by atoms with Crippen LogP contribution in [0.5, 0.6) is 0 Å². The summed E-state index contributed by atoms with van der Waals surface area (Å²) >= 11 is 0. The summed E-state index contributed by atoms with van der Waals surface area (Å²) in [5.41, 5.74) is 1.45. The zero-order valence-corrected chi connectivity index (χ0v) is 19.8. The number of nitrogens with one attached hydrogen (secondary N) is 1. The number of guanidine groups is 1. The van der Waals surface area contributed by atoms with Gasteiger partial charge in [0.25, 0.3) is 0 Å². The Morgan fingerprint density at radius 2 is 1.84 bits per heavy atom. The number of hydrogen-bond acceptors (Lipinski definition) is 4. The van der Waals surface area contributed by atoms with Gasteiger partial charge in [0.1, 0.15) is 0 Å². The van der Waals surface area contributed by atoms with Gasteiger partial charge < -0.3 is 15.1 Å². The van der Waals surface area contributed by atoms with Gasteiger partial charge >= 0.3 is 0 Å².